The molecule has 7 heteroatoms. The molecule has 0 N–H and O–H groups in total. The number of nitrogens with zero attached hydrogens (tertiary/aromatic N) is 1. The monoisotopic (exact) mass is 357 g/mol. The maximum absolute atomic E-state index is 13.5. The van der Waals surface area contributed by atoms with E-state index in [2.05, 4.69) is 0 Å². The third kappa shape index (κ3) is 6.00. The van der Waals surface area contributed by atoms with Crippen molar-refractivity contribution < 1.29 is 18.5 Å². The lowest BCUT2D eigenvalue weighted by molar-refractivity contribution is -0.519. The van der Waals surface area contributed by atoms with E-state index in [1.807, 2.05) is 19.9 Å². The van der Waals surface area contributed by atoms with E-state index in [0.29, 0.717) is 5.56 Å². The molecule has 2 unspecified atom stereocenters. The highest BCUT2D eigenvalue weighted by Crippen LogP contribution is 2.63. The van der Waals surface area contributed by atoms with E-state index in [-0.39, 0.29) is 13.2 Å². The van der Waals surface area contributed by atoms with E-state index in [4.69, 9.17) is 9.05 Å². The fourth-order valence-corrected chi connectivity index (χ4v) is 4.70. The average Bonchev–Trinajstić information content (AvgIpc) is 2.56. The molecule has 24 heavy (non-hydrogen) atoms. The van der Waals surface area contributed by atoms with Gasteiger partial charge in [-0.2, -0.15) is 0 Å². The molecule has 0 bridgehead atoms. The van der Waals surface area contributed by atoms with Crippen LogP contribution in [0.1, 0.15) is 57.7 Å². The van der Waals surface area contributed by atoms with Crippen LogP contribution in [0.3, 0.4) is 0 Å². The van der Waals surface area contributed by atoms with Gasteiger partial charge in [0.15, 0.2) is 5.66 Å². The Kier molecular flexibility index (Phi) is 9.19. The van der Waals surface area contributed by atoms with Gasteiger partial charge in [0, 0.05) is 11.8 Å². The van der Waals surface area contributed by atoms with Crippen molar-refractivity contribution in [3.8, 4) is 0 Å². The van der Waals surface area contributed by atoms with Crippen molar-refractivity contribution in [2.45, 2.75) is 58.2 Å². The van der Waals surface area contributed by atoms with Crippen molar-refractivity contribution in [1.29, 1.82) is 0 Å². The molecule has 0 aromatic heterocycles. The van der Waals surface area contributed by atoms with Gasteiger partial charge in [0.2, 0.25) is 6.04 Å². The van der Waals surface area contributed by atoms with Gasteiger partial charge in [-0.05, 0) is 18.4 Å². The Labute approximate surface area is 144 Å². The summed E-state index contributed by atoms with van der Waals surface area (Å²) in [5.74, 6) is 0. The van der Waals surface area contributed by atoms with Crippen LogP contribution in [0.2, 0.25) is 0 Å². The van der Waals surface area contributed by atoms with E-state index >= 15 is 0 Å². The van der Waals surface area contributed by atoms with Crippen molar-refractivity contribution in [1.82, 2.24) is 0 Å². The van der Waals surface area contributed by atoms with Gasteiger partial charge in [0.1, 0.15) is 0 Å². The summed E-state index contributed by atoms with van der Waals surface area (Å²) < 4.78 is 24.7. The standard InChI is InChI=1S/C17H28NO5P/c1-4-6-13-22-24(21,23-14-7-5-2)17(15(3)18(19)20)16-11-9-8-10-12-16/h8-12,15,17H,4-7,13-14H2,1-3H3. The molecule has 6 nitrogen and oxygen atoms in total. The third-order valence-corrected chi connectivity index (χ3v) is 6.31. The molecular weight excluding hydrogens is 329 g/mol. The van der Waals surface area contributed by atoms with E-state index in [9.17, 15) is 14.7 Å². The zero-order valence-electron chi connectivity index (χ0n) is 14.7. The lowest BCUT2D eigenvalue weighted by Gasteiger charge is -2.28. The molecule has 136 valence electrons. The number of hydrogen-bond donors (Lipinski definition) is 0. The Bertz CT molecular complexity index is 523. The van der Waals surface area contributed by atoms with Crippen LogP contribution in [0.15, 0.2) is 30.3 Å². The highest BCUT2D eigenvalue weighted by Gasteiger charge is 2.46. The molecule has 0 aliphatic heterocycles. The quantitative estimate of drug-likeness (QED) is 0.222. The largest absolute Gasteiger partial charge is 0.345 e. The summed E-state index contributed by atoms with van der Waals surface area (Å²) >= 11 is 0. The molecule has 0 aliphatic rings. The molecule has 0 saturated carbocycles. The minimum absolute atomic E-state index is 0.271. The summed E-state index contributed by atoms with van der Waals surface area (Å²) in [4.78, 5) is 11.0. The topological polar surface area (TPSA) is 78.7 Å². The van der Waals surface area contributed by atoms with Crippen LogP contribution >= 0.6 is 7.60 Å². The van der Waals surface area contributed by atoms with Crippen molar-refractivity contribution in [2.75, 3.05) is 13.2 Å². The summed E-state index contributed by atoms with van der Waals surface area (Å²) in [5, 5.41) is 11.4. The smallest absolute Gasteiger partial charge is 0.308 e. The second kappa shape index (κ2) is 10.6. The maximum atomic E-state index is 13.5. The molecule has 2 atom stereocenters. The van der Waals surface area contributed by atoms with Gasteiger partial charge in [-0.15, -0.1) is 0 Å². The van der Waals surface area contributed by atoms with Gasteiger partial charge in [0.05, 0.1) is 13.2 Å². The first-order valence-corrected chi connectivity index (χ1v) is 10.1. The predicted octanol–water partition coefficient (Wildman–Crippen LogP) is 5.22. The third-order valence-electron chi connectivity index (χ3n) is 3.81. The summed E-state index contributed by atoms with van der Waals surface area (Å²) in [6.07, 6.45) is 3.23. The lowest BCUT2D eigenvalue weighted by atomic mass is 10.1. The molecular formula is C17H28NO5P. The average molecular weight is 357 g/mol. The molecule has 1 aromatic rings. The van der Waals surface area contributed by atoms with Crippen LogP contribution in [-0.2, 0) is 13.6 Å². The maximum Gasteiger partial charge on any atom is 0.345 e. The first-order chi connectivity index (χ1) is 11.5. The van der Waals surface area contributed by atoms with Crippen LogP contribution in [-0.4, -0.2) is 24.2 Å². The van der Waals surface area contributed by atoms with Crippen molar-refractivity contribution >= 4 is 7.60 Å². The molecule has 1 rings (SSSR count). The van der Waals surface area contributed by atoms with Gasteiger partial charge in [-0.3, -0.25) is 14.7 Å². The van der Waals surface area contributed by atoms with E-state index in [0.717, 1.165) is 25.7 Å². The van der Waals surface area contributed by atoms with E-state index in [1.54, 1.807) is 24.3 Å². The first kappa shape index (κ1) is 20.8. The molecule has 1 aromatic carbocycles. The highest BCUT2D eigenvalue weighted by molar-refractivity contribution is 7.54. The van der Waals surface area contributed by atoms with Crippen molar-refractivity contribution in [2.24, 2.45) is 0 Å². The fourth-order valence-electron chi connectivity index (χ4n) is 2.36. The number of nitro groups is 1. The second-order valence-electron chi connectivity index (χ2n) is 5.79. The van der Waals surface area contributed by atoms with Crippen molar-refractivity contribution in [3.05, 3.63) is 46.0 Å². The van der Waals surface area contributed by atoms with Gasteiger partial charge in [-0.1, -0.05) is 57.0 Å². The van der Waals surface area contributed by atoms with Crippen LogP contribution in [0, 0.1) is 10.1 Å². The van der Waals surface area contributed by atoms with Gasteiger partial charge >= 0.3 is 7.60 Å². The molecule has 0 radical (unpaired) electrons. The van der Waals surface area contributed by atoms with Gasteiger partial charge < -0.3 is 9.05 Å². The summed E-state index contributed by atoms with van der Waals surface area (Å²) in [5.41, 5.74) is -0.305. The zero-order chi connectivity index (χ0) is 18.0. The summed E-state index contributed by atoms with van der Waals surface area (Å²) in [6, 6.07) is 7.78. The second-order valence-corrected chi connectivity index (χ2v) is 7.95. The SMILES string of the molecule is CCCCOP(=O)(OCCCC)C(c1ccccc1)C(C)[N+](=O)[O-]. The number of rotatable bonds is 12. The number of hydrogen-bond acceptors (Lipinski definition) is 5. The Balaban J connectivity index is 3.17. The number of benzene rings is 1. The fraction of sp³-hybridized carbons (Fsp3) is 0.647. The predicted molar refractivity (Wildman–Crippen MR) is 95.0 cm³/mol. The number of unbranched alkanes of at least 4 members (excludes halogenated alkanes) is 2. The van der Waals surface area contributed by atoms with Crippen LogP contribution < -0.4 is 0 Å². The van der Waals surface area contributed by atoms with Crippen LogP contribution in [0.5, 0.6) is 0 Å². The minimum Gasteiger partial charge on any atom is -0.308 e. The Morgan fingerprint density at radius 1 is 1.08 bits per heavy atom. The van der Waals surface area contributed by atoms with Crippen LogP contribution in [0.4, 0.5) is 0 Å². The molecule has 0 saturated heterocycles. The molecule has 0 amide bonds. The summed E-state index contributed by atoms with van der Waals surface area (Å²) in [7, 11) is -3.66. The molecule has 0 spiro atoms. The lowest BCUT2D eigenvalue weighted by Crippen LogP contribution is -2.26. The zero-order valence-corrected chi connectivity index (χ0v) is 15.6. The van der Waals surface area contributed by atoms with E-state index in [1.165, 1.54) is 6.92 Å². The van der Waals surface area contributed by atoms with Gasteiger partial charge in [0.25, 0.3) is 0 Å². The van der Waals surface area contributed by atoms with Crippen molar-refractivity contribution in [3.63, 3.8) is 0 Å². The Morgan fingerprint density at radius 3 is 2.00 bits per heavy atom. The molecule has 0 aliphatic carbocycles. The van der Waals surface area contributed by atoms with Gasteiger partial charge in [-0.25, -0.2) is 0 Å². The highest BCUT2D eigenvalue weighted by atomic mass is 31.2. The Hall–Kier alpha value is -1.23. The Morgan fingerprint density at radius 2 is 1.58 bits per heavy atom. The molecule has 0 heterocycles. The molecule has 0 fully saturated rings. The van der Waals surface area contributed by atoms with Crippen LogP contribution in [0.25, 0.3) is 0 Å². The summed E-state index contributed by atoms with van der Waals surface area (Å²) in [6.45, 7) is 6.00. The normalized spacial score (nSPS) is 14.3. The minimum atomic E-state index is -3.66. The first-order valence-electron chi connectivity index (χ1n) is 8.53. The van der Waals surface area contributed by atoms with E-state index < -0.39 is 24.2 Å².